The first-order valence-corrected chi connectivity index (χ1v) is 13.1. The average molecular weight is 609 g/mol. The van der Waals surface area contributed by atoms with Crippen molar-refractivity contribution in [3.05, 3.63) is 105 Å². The van der Waals surface area contributed by atoms with Crippen LogP contribution in [0.1, 0.15) is 24.1 Å². The monoisotopic (exact) mass is 609 g/mol. The Morgan fingerprint density at radius 3 is 2.73 bits per heavy atom. The number of phenolic OH excluding ortho intramolecular Hbond substituents is 1. The normalized spacial score (nSPS) is 15.8. The maximum absolute atomic E-state index is 10.2. The lowest BCUT2D eigenvalue weighted by Crippen LogP contribution is -2.32. The SMILES string of the molecule is C=C(COc1ccccc1)C1=CCB(O)OC1CC/C(=C/c1cc(I)c(O)c(OC)c1)c1ccccn1. The van der Waals surface area contributed by atoms with Crippen LogP contribution in [0, 0.1) is 3.57 Å². The summed E-state index contributed by atoms with van der Waals surface area (Å²) in [5.41, 5.74) is 4.50. The third-order valence-electron chi connectivity index (χ3n) is 6.05. The Morgan fingerprint density at radius 1 is 1.22 bits per heavy atom. The summed E-state index contributed by atoms with van der Waals surface area (Å²) >= 11 is 2.09. The lowest BCUT2D eigenvalue weighted by Gasteiger charge is -2.28. The molecular weight excluding hydrogens is 580 g/mol. The maximum atomic E-state index is 10.2. The molecule has 1 atom stereocenters. The van der Waals surface area contributed by atoms with Crippen molar-refractivity contribution >= 4 is 41.4 Å². The van der Waals surface area contributed by atoms with Gasteiger partial charge in [-0.3, -0.25) is 4.98 Å². The number of halogens is 1. The molecule has 1 aliphatic heterocycles. The number of hydrogen-bond acceptors (Lipinski definition) is 6. The third-order valence-corrected chi connectivity index (χ3v) is 6.88. The predicted octanol–water partition coefficient (Wildman–Crippen LogP) is 6.16. The van der Waals surface area contributed by atoms with Gasteiger partial charge in [0.15, 0.2) is 11.5 Å². The molecule has 0 spiro atoms. The first kappa shape index (κ1) is 27.0. The fraction of sp³-hybridized carbons (Fsp3) is 0.207. The fourth-order valence-electron chi connectivity index (χ4n) is 4.19. The van der Waals surface area contributed by atoms with E-state index in [1.165, 1.54) is 7.11 Å². The van der Waals surface area contributed by atoms with Gasteiger partial charge in [-0.15, -0.1) is 0 Å². The lowest BCUT2D eigenvalue weighted by molar-refractivity contribution is 0.182. The zero-order chi connectivity index (χ0) is 26.2. The van der Waals surface area contributed by atoms with Crippen LogP contribution in [-0.2, 0) is 4.65 Å². The summed E-state index contributed by atoms with van der Waals surface area (Å²) in [6.07, 6.45) is 7.12. The molecule has 190 valence electrons. The maximum Gasteiger partial charge on any atom is 0.458 e. The van der Waals surface area contributed by atoms with Crippen LogP contribution in [0.3, 0.4) is 0 Å². The number of methoxy groups -OCH3 is 1. The molecule has 2 aromatic carbocycles. The zero-order valence-corrected chi connectivity index (χ0v) is 22.8. The summed E-state index contributed by atoms with van der Waals surface area (Å²) in [7, 11) is 0.675. The van der Waals surface area contributed by atoms with Crippen molar-refractivity contribution < 1.29 is 24.3 Å². The number of nitrogens with zero attached hydrogens (tertiary/aromatic N) is 1. The van der Waals surface area contributed by atoms with Crippen molar-refractivity contribution in [2.45, 2.75) is 25.3 Å². The van der Waals surface area contributed by atoms with Crippen molar-refractivity contribution in [3.8, 4) is 17.2 Å². The van der Waals surface area contributed by atoms with Crippen molar-refractivity contribution in [2.75, 3.05) is 13.7 Å². The Bertz CT molecular complexity index is 1280. The smallest absolute Gasteiger partial charge is 0.458 e. The second kappa shape index (κ2) is 12.9. The van der Waals surface area contributed by atoms with Gasteiger partial charge in [-0.2, -0.15) is 0 Å². The van der Waals surface area contributed by atoms with Crippen LogP contribution in [0.2, 0.25) is 6.32 Å². The predicted molar refractivity (Wildman–Crippen MR) is 156 cm³/mol. The molecule has 1 unspecified atom stereocenters. The van der Waals surface area contributed by atoms with E-state index >= 15 is 0 Å². The molecule has 0 fully saturated rings. The van der Waals surface area contributed by atoms with Gasteiger partial charge in [0.05, 0.1) is 22.5 Å². The van der Waals surface area contributed by atoms with Gasteiger partial charge in [0, 0.05) is 12.5 Å². The van der Waals surface area contributed by atoms with Crippen molar-refractivity contribution in [3.63, 3.8) is 0 Å². The highest BCUT2D eigenvalue weighted by Gasteiger charge is 2.28. The van der Waals surface area contributed by atoms with E-state index in [-0.39, 0.29) is 11.9 Å². The van der Waals surface area contributed by atoms with E-state index in [0.29, 0.717) is 35.1 Å². The number of allylic oxidation sites excluding steroid dienone is 2. The molecule has 3 aromatic rings. The molecule has 2 heterocycles. The number of benzene rings is 2. The minimum absolute atomic E-state index is 0.121. The average Bonchev–Trinajstić information content (AvgIpc) is 2.92. The summed E-state index contributed by atoms with van der Waals surface area (Å²) in [4.78, 5) is 4.56. The summed E-state index contributed by atoms with van der Waals surface area (Å²) in [5.74, 6) is 1.31. The molecule has 0 radical (unpaired) electrons. The third kappa shape index (κ3) is 7.25. The lowest BCUT2D eigenvalue weighted by atomic mass is 9.78. The van der Waals surface area contributed by atoms with Crippen LogP contribution in [0.25, 0.3) is 11.6 Å². The second-order valence-corrected chi connectivity index (χ2v) is 9.82. The Morgan fingerprint density at radius 2 is 2.00 bits per heavy atom. The molecule has 0 aliphatic carbocycles. The van der Waals surface area contributed by atoms with Crippen LogP contribution in [0.4, 0.5) is 0 Å². The Hall–Kier alpha value is -3.08. The van der Waals surface area contributed by atoms with Crippen LogP contribution < -0.4 is 9.47 Å². The molecule has 0 saturated carbocycles. The number of aromatic nitrogens is 1. The summed E-state index contributed by atoms with van der Waals surface area (Å²) in [5, 5.41) is 20.5. The van der Waals surface area contributed by atoms with Gasteiger partial charge in [0.2, 0.25) is 0 Å². The number of hydrogen-bond donors (Lipinski definition) is 2. The van der Waals surface area contributed by atoms with E-state index in [1.807, 2.05) is 66.7 Å². The fourth-order valence-corrected chi connectivity index (χ4v) is 4.82. The molecule has 0 amide bonds. The van der Waals surface area contributed by atoms with Gasteiger partial charge < -0.3 is 24.3 Å². The minimum atomic E-state index is -0.859. The Balaban J connectivity index is 1.54. The van der Waals surface area contributed by atoms with Crippen molar-refractivity contribution in [1.29, 1.82) is 0 Å². The van der Waals surface area contributed by atoms with Crippen LogP contribution in [0.15, 0.2) is 90.7 Å². The quantitative estimate of drug-likeness (QED) is 0.212. The van der Waals surface area contributed by atoms with Crippen LogP contribution >= 0.6 is 22.6 Å². The number of para-hydroxylation sites is 1. The summed E-state index contributed by atoms with van der Waals surface area (Å²) < 4.78 is 17.9. The largest absolute Gasteiger partial charge is 0.504 e. The molecule has 6 nitrogen and oxygen atoms in total. The molecule has 37 heavy (non-hydrogen) atoms. The van der Waals surface area contributed by atoms with Gasteiger partial charge in [-0.25, -0.2) is 0 Å². The minimum Gasteiger partial charge on any atom is -0.504 e. The van der Waals surface area contributed by atoms with E-state index < -0.39 is 7.12 Å². The first-order chi connectivity index (χ1) is 17.9. The molecule has 2 N–H and O–H groups in total. The molecule has 0 saturated heterocycles. The first-order valence-electron chi connectivity index (χ1n) is 12.0. The number of aromatic hydroxyl groups is 1. The topological polar surface area (TPSA) is 81.0 Å². The molecule has 1 aliphatic rings. The van der Waals surface area contributed by atoms with Crippen LogP contribution in [-0.4, -0.2) is 42.1 Å². The van der Waals surface area contributed by atoms with Crippen molar-refractivity contribution in [1.82, 2.24) is 4.98 Å². The highest BCUT2D eigenvalue weighted by Crippen LogP contribution is 2.35. The van der Waals surface area contributed by atoms with Gasteiger partial charge >= 0.3 is 7.12 Å². The highest BCUT2D eigenvalue weighted by molar-refractivity contribution is 14.1. The van der Waals surface area contributed by atoms with E-state index in [2.05, 4.69) is 34.2 Å². The second-order valence-electron chi connectivity index (χ2n) is 8.66. The summed E-state index contributed by atoms with van der Waals surface area (Å²) in [6.45, 7) is 4.57. The molecule has 1 aromatic heterocycles. The number of pyridine rings is 1. The molecule has 8 heteroatoms. The highest BCUT2D eigenvalue weighted by atomic mass is 127. The number of rotatable bonds is 10. The van der Waals surface area contributed by atoms with Gasteiger partial charge in [0.25, 0.3) is 0 Å². The van der Waals surface area contributed by atoms with E-state index in [1.54, 1.807) is 12.3 Å². The Labute approximate surface area is 231 Å². The van der Waals surface area contributed by atoms with Gasteiger partial charge in [-0.05, 0) is 100 Å². The van der Waals surface area contributed by atoms with Crippen molar-refractivity contribution in [2.24, 2.45) is 0 Å². The number of phenols is 1. The molecular formula is C29H29BINO5. The Kier molecular flexibility index (Phi) is 9.43. The van der Waals surface area contributed by atoms with E-state index in [4.69, 9.17) is 14.1 Å². The van der Waals surface area contributed by atoms with Gasteiger partial charge in [0.1, 0.15) is 12.4 Å². The van der Waals surface area contributed by atoms with Gasteiger partial charge in [-0.1, -0.05) is 36.9 Å². The summed E-state index contributed by atoms with van der Waals surface area (Å²) in [6, 6.07) is 19.1. The van der Waals surface area contributed by atoms with Crippen LogP contribution in [0.5, 0.6) is 17.2 Å². The molecule has 0 bridgehead atoms. The van der Waals surface area contributed by atoms with E-state index in [9.17, 15) is 10.1 Å². The molecule has 4 rings (SSSR count). The number of ether oxygens (including phenoxy) is 2. The van der Waals surface area contributed by atoms with E-state index in [0.717, 1.165) is 33.7 Å². The standard InChI is InChI=1S/C29H29BINO5/c1-20(19-36-23-8-4-3-5-9-23)24-13-14-30(34)37-27(24)12-11-22(26-10-6-7-15-32-26)16-21-17-25(31)29(33)28(18-21)35-2/h3-10,13,15-18,27,33-34H,1,11-12,14,19H2,2H3/b22-16-. The zero-order valence-electron chi connectivity index (χ0n) is 20.6.